The van der Waals surface area contributed by atoms with Crippen LogP contribution in [-0.4, -0.2) is 27.9 Å². The minimum atomic E-state index is 0.801. The lowest BCUT2D eigenvalue weighted by atomic mass is 9.89. The van der Waals surface area contributed by atoms with Gasteiger partial charge in [-0.1, -0.05) is 96.1 Å². The fourth-order valence-electron chi connectivity index (χ4n) is 7.33. The Morgan fingerprint density at radius 3 is 1.84 bits per heavy atom. The monoisotopic (exact) mass is 652 g/mol. The van der Waals surface area contributed by atoms with Crippen molar-refractivity contribution in [2.75, 3.05) is 18.0 Å². The SMILES string of the molecule is CCN(c1ccc(C)cc1)c1ccc(C(Cc2c(-c3ccccc3)n(C)c3ccccc23)=C2C=CC(=[N+](CC)c3ccc(C)cc3)C=C2)cc1. The second-order valence-corrected chi connectivity index (χ2v) is 13.2. The van der Waals surface area contributed by atoms with Gasteiger partial charge in [0.2, 0.25) is 11.4 Å². The molecular weight excluding hydrogens is 607 g/mol. The fraction of sp³-hybridized carbons (Fsp3) is 0.170. The van der Waals surface area contributed by atoms with E-state index in [4.69, 9.17) is 0 Å². The van der Waals surface area contributed by atoms with Crippen molar-refractivity contribution in [1.29, 1.82) is 0 Å². The normalized spacial score (nSPS) is 12.5. The summed E-state index contributed by atoms with van der Waals surface area (Å²) in [5.41, 5.74) is 16.2. The highest BCUT2D eigenvalue weighted by atomic mass is 15.1. The van der Waals surface area contributed by atoms with E-state index >= 15 is 0 Å². The van der Waals surface area contributed by atoms with Gasteiger partial charge in [-0.05, 0) is 98.0 Å². The lowest BCUT2D eigenvalue weighted by Gasteiger charge is -2.24. The number of allylic oxidation sites excluding steroid dienone is 6. The zero-order valence-corrected chi connectivity index (χ0v) is 29.9. The predicted octanol–water partition coefficient (Wildman–Crippen LogP) is 11.5. The molecule has 1 aliphatic rings. The first-order valence-electron chi connectivity index (χ1n) is 17.8. The third-order valence-corrected chi connectivity index (χ3v) is 9.99. The number of hydrogen-bond acceptors (Lipinski definition) is 1. The van der Waals surface area contributed by atoms with E-state index in [1.165, 1.54) is 78.3 Å². The van der Waals surface area contributed by atoms with Crippen LogP contribution >= 0.6 is 0 Å². The van der Waals surface area contributed by atoms with Gasteiger partial charge in [-0.15, -0.1) is 0 Å². The maximum atomic E-state index is 2.38. The summed E-state index contributed by atoms with van der Waals surface area (Å²) in [7, 11) is 2.20. The first-order valence-corrected chi connectivity index (χ1v) is 17.8. The summed E-state index contributed by atoms with van der Waals surface area (Å²) in [6.07, 6.45) is 9.99. The van der Waals surface area contributed by atoms with Crippen molar-refractivity contribution in [3.05, 3.63) is 180 Å². The molecular formula is C47H46N3+. The Morgan fingerprint density at radius 1 is 0.640 bits per heavy atom. The molecule has 0 atom stereocenters. The number of fused-ring (bicyclic) bond motifs is 1. The molecule has 5 aromatic carbocycles. The molecule has 0 fully saturated rings. The van der Waals surface area contributed by atoms with Crippen LogP contribution in [0.4, 0.5) is 17.1 Å². The van der Waals surface area contributed by atoms with E-state index in [1.54, 1.807) is 0 Å². The molecule has 1 aromatic heterocycles. The van der Waals surface area contributed by atoms with Crippen LogP contribution in [0.5, 0.6) is 0 Å². The Labute approximate surface area is 297 Å². The Balaban J connectivity index is 1.36. The highest BCUT2D eigenvalue weighted by Gasteiger charge is 2.21. The summed E-state index contributed by atoms with van der Waals surface area (Å²) >= 11 is 0. The zero-order valence-electron chi connectivity index (χ0n) is 29.9. The number of aryl methyl sites for hydroxylation is 3. The van der Waals surface area contributed by atoms with Crippen LogP contribution in [-0.2, 0) is 13.5 Å². The molecule has 0 N–H and O–H groups in total. The Kier molecular flexibility index (Phi) is 9.49. The van der Waals surface area contributed by atoms with E-state index < -0.39 is 0 Å². The molecule has 7 rings (SSSR count). The molecule has 0 saturated heterocycles. The lowest BCUT2D eigenvalue weighted by molar-refractivity contribution is -0.434. The Morgan fingerprint density at radius 2 is 1.22 bits per heavy atom. The van der Waals surface area contributed by atoms with Crippen molar-refractivity contribution in [1.82, 2.24) is 4.57 Å². The molecule has 6 aromatic rings. The van der Waals surface area contributed by atoms with Crippen LogP contribution in [0.3, 0.4) is 0 Å². The average Bonchev–Trinajstić information content (AvgIpc) is 3.44. The number of aromatic nitrogens is 1. The summed E-state index contributed by atoms with van der Waals surface area (Å²) in [5.74, 6) is 0. The first-order chi connectivity index (χ1) is 24.4. The summed E-state index contributed by atoms with van der Waals surface area (Å²) in [5, 5.41) is 1.30. The first kappa shape index (κ1) is 32.9. The molecule has 0 radical (unpaired) electrons. The van der Waals surface area contributed by atoms with E-state index in [-0.39, 0.29) is 0 Å². The molecule has 3 nitrogen and oxygen atoms in total. The topological polar surface area (TPSA) is 11.2 Å². The lowest BCUT2D eigenvalue weighted by Crippen LogP contribution is -2.16. The van der Waals surface area contributed by atoms with Gasteiger partial charge in [0, 0.05) is 66.6 Å². The number of para-hydroxylation sites is 1. The van der Waals surface area contributed by atoms with Gasteiger partial charge < -0.3 is 9.47 Å². The molecule has 0 saturated carbocycles. The van der Waals surface area contributed by atoms with Crippen molar-refractivity contribution in [3.8, 4) is 11.3 Å². The number of hydrogen-bond donors (Lipinski definition) is 0. The number of anilines is 2. The maximum Gasteiger partial charge on any atom is 0.205 e. The van der Waals surface area contributed by atoms with Crippen molar-refractivity contribution < 1.29 is 4.58 Å². The molecule has 0 aliphatic heterocycles. The minimum Gasteiger partial charge on any atom is -0.343 e. The number of nitrogens with zero attached hydrogens (tertiary/aromatic N) is 3. The molecule has 248 valence electrons. The number of benzene rings is 5. The van der Waals surface area contributed by atoms with Gasteiger partial charge in [0.15, 0.2) is 0 Å². The van der Waals surface area contributed by atoms with Crippen LogP contribution in [0.25, 0.3) is 27.7 Å². The highest BCUT2D eigenvalue weighted by Crippen LogP contribution is 2.38. The van der Waals surface area contributed by atoms with Crippen molar-refractivity contribution in [2.45, 2.75) is 34.1 Å². The van der Waals surface area contributed by atoms with Crippen LogP contribution in [0.2, 0.25) is 0 Å². The Bertz CT molecular complexity index is 2220. The van der Waals surface area contributed by atoms with E-state index in [0.29, 0.717) is 0 Å². The van der Waals surface area contributed by atoms with Gasteiger partial charge in [0.25, 0.3) is 0 Å². The quantitative estimate of drug-likeness (QED) is 0.141. The average molecular weight is 653 g/mol. The van der Waals surface area contributed by atoms with E-state index in [1.807, 2.05) is 0 Å². The van der Waals surface area contributed by atoms with Crippen LogP contribution in [0.1, 0.15) is 36.1 Å². The minimum absolute atomic E-state index is 0.801. The molecule has 50 heavy (non-hydrogen) atoms. The van der Waals surface area contributed by atoms with Crippen molar-refractivity contribution in [3.63, 3.8) is 0 Å². The van der Waals surface area contributed by atoms with E-state index in [9.17, 15) is 0 Å². The van der Waals surface area contributed by atoms with Gasteiger partial charge in [-0.3, -0.25) is 0 Å². The molecule has 3 heteroatoms. The van der Waals surface area contributed by atoms with Crippen LogP contribution in [0.15, 0.2) is 157 Å². The summed E-state index contributed by atoms with van der Waals surface area (Å²) in [4.78, 5) is 2.38. The van der Waals surface area contributed by atoms with Gasteiger partial charge in [0.05, 0.1) is 5.69 Å². The highest BCUT2D eigenvalue weighted by molar-refractivity contribution is 6.04. The third kappa shape index (κ3) is 6.52. The van der Waals surface area contributed by atoms with E-state index in [2.05, 4.69) is 200 Å². The van der Waals surface area contributed by atoms with E-state index in [0.717, 1.165) is 19.5 Å². The maximum absolute atomic E-state index is 2.38. The van der Waals surface area contributed by atoms with Gasteiger partial charge in [-0.25, -0.2) is 0 Å². The van der Waals surface area contributed by atoms with Crippen molar-refractivity contribution in [2.24, 2.45) is 7.05 Å². The second-order valence-electron chi connectivity index (χ2n) is 13.2. The fourth-order valence-corrected chi connectivity index (χ4v) is 7.33. The molecule has 0 spiro atoms. The molecule has 1 aliphatic carbocycles. The van der Waals surface area contributed by atoms with Gasteiger partial charge >= 0.3 is 0 Å². The summed E-state index contributed by atoms with van der Waals surface area (Å²) in [6.45, 7) is 10.5. The van der Waals surface area contributed by atoms with Gasteiger partial charge in [-0.2, -0.15) is 4.58 Å². The molecule has 0 bridgehead atoms. The predicted molar refractivity (Wildman–Crippen MR) is 214 cm³/mol. The van der Waals surface area contributed by atoms with Crippen LogP contribution in [0, 0.1) is 13.8 Å². The summed E-state index contributed by atoms with van der Waals surface area (Å²) in [6, 6.07) is 46.5. The second kappa shape index (κ2) is 14.4. The molecule has 0 unspecified atom stereocenters. The molecule has 0 amide bonds. The largest absolute Gasteiger partial charge is 0.343 e. The standard InChI is InChI=1S/C47H46N3/c1-6-49(39-25-17-34(3)18-26-39)41-29-21-36(22-30-41)44(37-23-31-42(32-24-37)50(7-2)40-27-19-35(4)20-28-40)33-45-43-15-11-12-16-46(43)48(5)47(45)38-13-9-8-10-14-38/h8-32H,6-7,33H2,1-5H3/q+1. The number of rotatable bonds is 9. The van der Waals surface area contributed by atoms with Crippen LogP contribution < -0.4 is 4.90 Å². The molecule has 1 heterocycles. The smallest absolute Gasteiger partial charge is 0.205 e. The zero-order chi connectivity index (χ0) is 34.6. The van der Waals surface area contributed by atoms with Gasteiger partial charge in [0.1, 0.15) is 6.54 Å². The third-order valence-electron chi connectivity index (χ3n) is 9.99. The summed E-state index contributed by atoms with van der Waals surface area (Å²) < 4.78 is 4.74. The Hall–Kier alpha value is -5.67. The van der Waals surface area contributed by atoms with Crippen molar-refractivity contribution >= 4 is 39.2 Å².